The zero-order valence-corrected chi connectivity index (χ0v) is 13.8. The summed E-state index contributed by atoms with van der Waals surface area (Å²) in [5, 5.41) is 2.88. The maximum absolute atomic E-state index is 12.3. The summed E-state index contributed by atoms with van der Waals surface area (Å²) < 4.78 is 5.65. The number of rotatable bonds is 5. The van der Waals surface area contributed by atoms with Gasteiger partial charge in [0.15, 0.2) is 11.9 Å². The summed E-state index contributed by atoms with van der Waals surface area (Å²) in [7, 11) is 0. The largest absolute Gasteiger partial charge is 0.481 e. The van der Waals surface area contributed by atoms with Gasteiger partial charge in [0.25, 0.3) is 5.91 Å². The molecular formula is C19H21NO3. The van der Waals surface area contributed by atoms with Gasteiger partial charge in [0.05, 0.1) is 0 Å². The number of hydrogen-bond acceptors (Lipinski definition) is 3. The summed E-state index contributed by atoms with van der Waals surface area (Å²) in [5.74, 6) is 0.233. The quantitative estimate of drug-likeness (QED) is 0.852. The van der Waals surface area contributed by atoms with E-state index in [2.05, 4.69) is 5.32 Å². The van der Waals surface area contributed by atoms with Gasteiger partial charge in [-0.15, -0.1) is 0 Å². The molecule has 0 fully saturated rings. The van der Waals surface area contributed by atoms with Crippen LogP contribution in [0.2, 0.25) is 0 Å². The molecule has 4 heteroatoms. The second kappa shape index (κ2) is 7.09. The molecule has 23 heavy (non-hydrogen) atoms. The normalized spacial score (nSPS) is 11.7. The Hall–Kier alpha value is -2.62. The number of aryl methyl sites for hydroxylation is 1. The van der Waals surface area contributed by atoms with Crippen LogP contribution in [0, 0.1) is 13.8 Å². The average molecular weight is 311 g/mol. The summed E-state index contributed by atoms with van der Waals surface area (Å²) in [6.45, 7) is 7.14. The van der Waals surface area contributed by atoms with E-state index >= 15 is 0 Å². The summed E-state index contributed by atoms with van der Waals surface area (Å²) in [6, 6.07) is 12.6. The molecule has 0 heterocycles. The van der Waals surface area contributed by atoms with Crippen LogP contribution >= 0.6 is 0 Å². The number of carbonyl (C=O) groups is 2. The SMILES string of the molecule is CC(=O)c1cccc(OC(C)C(=O)Nc2cccc(C)c2C)c1. The molecule has 0 saturated heterocycles. The molecule has 0 aliphatic carbocycles. The van der Waals surface area contributed by atoms with Crippen LogP contribution in [0.1, 0.15) is 35.3 Å². The Bertz CT molecular complexity index is 737. The zero-order chi connectivity index (χ0) is 17.0. The van der Waals surface area contributed by atoms with Gasteiger partial charge < -0.3 is 10.1 Å². The summed E-state index contributed by atoms with van der Waals surface area (Å²) in [5.41, 5.74) is 3.49. The number of hydrogen-bond donors (Lipinski definition) is 1. The third-order valence-electron chi connectivity index (χ3n) is 3.79. The van der Waals surface area contributed by atoms with Gasteiger partial charge >= 0.3 is 0 Å². The highest BCUT2D eigenvalue weighted by molar-refractivity contribution is 5.95. The predicted octanol–water partition coefficient (Wildman–Crippen LogP) is 3.91. The molecule has 0 radical (unpaired) electrons. The zero-order valence-electron chi connectivity index (χ0n) is 13.8. The van der Waals surface area contributed by atoms with Crippen LogP contribution in [0.5, 0.6) is 5.75 Å². The van der Waals surface area contributed by atoms with Crippen molar-refractivity contribution in [2.45, 2.75) is 33.8 Å². The van der Waals surface area contributed by atoms with Gasteiger partial charge in [-0.05, 0) is 57.0 Å². The fourth-order valence-corrected chi connectivity index (χ4v) is 2.17. The van der Waals surface area contributed by atoms with E-state index in [4.69, 9.17) is 4.74 Å². The Balaban J connectivity index is 2.07. The minimum absolute atomic E-state index is 0.0389. The van der Waals surface area contributed by atoms with Crippen LogP contribution in [0.25, 0.3) is 0 Å². The van der Waals surface area contributed by atoms with Crippen LogP contribution in [-0.4, -0.2) is 17.8 Å². The van der Waals surface area contributed by atoms with Crippen molar-refractivity contribution in [1.82, 2.24) is 0 Å². The minimum Gasteiger partial charge on any atom is -0.481 e. The van der Waals surface area contributed by atoms with Gasteiger partial charge in [-0.25, -0.2) is 0 Å². The molecule has 4 nitrogen and oxygen atoms in total. The average Bonchev–Trinajstić information content (AvgIpc) is 2.52. The number of ketones is 1. The molecule has 2 rings (SSSR count). The maximum atomic E-state index is 12.3. The first-order valence-corrected chi connectivity index (χ1v) is 7.53. The molecule has 0 aromatic heterocycles. The molecule has 0 aliphatic rings. The lowest BCUT2D eigenvalue weighted by molar-refractivity contribution is -0.122. The van der Waals surface area contributed by atoms with Crippen molar-refractivity contribution in [1.29, 1.82) is 0 Å². The highest BCUT2D eigenvalue weighted by Crippen LogP contribution is 2.19. The molecular weight excluding hydrogens is 290 g/mol. The molecule has 120 valence electrons. The molecule has 2 aromatic carbocycles. The summed E-state index contributed by atoms with van der Waals surface area (Å²) in [4.78, 5) is 23.7. The Morgan fingerprint density at radius 2 is 1.78 bits per heavy atom. The first kappa shape index (κ1) is 16.7. The van der Waals surface area contributed by atoms with Gasteiger partial charge in [0.2, 0.25) is 0 Å². The lowest BCUT2D eigenvalue weighted by Crippen LogP contribution is -2.30. The van der Waals surface area contributed by atoms with Crippen LogP contribution in [0.4, 0.5) is 5.69 Å². The summed E-state index contributed by atoms with van der Waals surface area (Å²) >= 11 is 0. The number of anilines is 1. The number of Topliss-reactive ketones (excluding diaryl/α,β-unsaturated/α-hetero) is 1. The second-order valence-corrected chi connectivity index (χ2v) is 5.58. The van der Waals surface area contributed by atoms with Crippen molar-refractivity contribution in [2.75, 3.05) is 5.32 Å². The van der Waals surface area contributed by atoms with Gasteiger partial charge in [-0.1, -0.05) is 24.3 Å². The van der Waals surface area contributed by atoms with E-state index in [1.807, 2.05) is 32.0 Å². The fourth-order valence-electron chi connectivity index (χ4n) is 2.17. The molecule has 0 spiro atoms. The van der Waals surface area contributed by atoms with Crippen molar-refractivity contribution in [3.05, 3.63) is 59.2 Å². The third kappa shape index (κ3) is 4.19. The lowest BCUT2D eigenvalue weighted by atomic mass is 10.1. The van der Waals surface area contributed by atoms with Gasteiger partial charge in [-0.3, -0.25) is 9.59 Å². The molecule has 1 amide bonds. The molecule has 1 unspecified atom stereocenters. The van der Waals surface area contributed by atoms with E-state index in [-0.39, 0.29) is 11.7 Å². The van der Waals surface area contributed by atoms with Crippen LogP contribution in [-0.2, 0) is 4.79 Å². The highest BCUT2D eigenvalue weighted by Gasteiger charge is 2.16. The Morgan fingerprint density at radius 1 is 1.09 bits per heavy atom. The predicted molar refractivity (Wildman–Crippen MR) is 91.1 cm³/mol. The fraction of sp³-hybridized carbons (Fsp3) is 0.263. The van der Waals surface area contributed by atoms with Crippen molar-refractivity contribution < 1.29 is 14.3 Å². The van der Waals surface area contributed by atoms with Crippen molar-refractivity contribution in [3.8, 4) is 5.75 Å². The van der Waals surface area contributed by atoms with E-state index in [0.29, 0.717) is 11.3 Å². The van der Waals surface area contributed by atoms with Crippen LogP contribution in [0.3, 0.4) is 0 Å². The van der Waals surface area contributed by atoms with Gasteiger partial charge in [-0.2, -0.15) is 0 Å². The van der Waals surface area contributed by atoms with Crippen LogP contribution < -0.4 is 10.1 Å². The first-order valence-electron chi connectivity index (χ1n) is 7.53. The van der Waals surface area contributed by atoms with Gasteiger partial charge in [0.1, 0.15) is 5.75 Å². The van der Waals surface area contributed by atoms with Gasteiger partial charge in [0, 0.05) is 11.3 Å². The molecule has 2 aromatic rings. The molecule has 1 N–H and O–H groups in total. The monoisotopic (exact) mass is 311 g/mol. The van der Waals surface area contributed by atoms with E-state index in [1.165, 1.54) is 6.92 Å². The molecule has 0 bridgehead atoms. The Labute approximate surface area is 136 Å². The third-order valence-corrected chi connectivity index (χ3v) is 3.79. The van der Waals surface area contributed by atoms with Crippen molar-refractivity contribution in [2.24, 2.45) is 0 Å². The van der Waals surface area contributed by atoms with Crippen LogP contribution in [0.15, 0.2) is 42.5 Å². The van der Waals surface area contributed by atoms with E-state index in [0.717, 1.165) is 16.8 Å². The maximum Gasteiger partial charge on any atom is 0.265 e. The van der Waals surface area contributed by atoms with E-state index < -0.39 is 6.10 Å². The van der Waals surface area contributed by atoms with Crippen molar-refractivity contribution in [3.63, 3.8) is 0 Å². The highest BCUT2D eigenvalue weighted by atomic mass is 16.5. The number of carbonyl (C=O) groups excluding carboxylic acids is 2. The first-order chi connectivity index (χ1) is 10.9. The topological polar surface area (TPSA) is 55.4 Å². The number of nitrogens with one attached hydrogen (secondary N) is 1. The van der Waals surface area contributed by atoms with E-state index in [1.54, 1.807) is 31.2 Å². The second-order valence-electron chi connectivity index (χ2n) is 5.58. The van der Waals surface area contributed by atoms with Crippen molar-refractivity contribution >= 4 is 17.4 Å². The number of benzene rings is 2. The Kier molecular flexibility index (Phi) is 5.16. The Morgan fingerprint density at radius 3 is 2.48 bits per heavy atom. The van der Waals surface area contributed by atoms with E-state index in [9.17, 15) is 9.59 Å². The number of amides is 1. The molecule has 0 saturated carbocycles. The summed E-state index contributed by atoms with van der Waals surface area (Å²) in [6.07, 6.45) is -0.669. The molecule has 1 atom stereocenters. The standard InChI is InChI=1S/C19H21NO3/c1-12-7-5-10-18(13(12)2)20-19(22)15(4)23-17-9-6-8-16(11-17)14(3)21/h5-11,15H,1-4H3,(H,20,22). The number of ether oxygens (including phenoxy) is 1. The lowest BCUT2D eigenvalue weighted by Gasteiger charge is -2.16. The smallest absolute Gasteiger partial charge is 0.265 e. The molecule has 0 aliphatic heterocycles. The minimum atomic E-state index is -0.669.